The lowest BCUT2D eigenvalue weighted by Gasteiger charge is -2.19. The summed E-state index contributed by atoms with van der Waals surface area (Å²) in [5.74, 6) is 0.511. The van der Waals surface area contributed by atoms with Crippen LogP contribution in [0.2, 0.25) is 0 Å². The van der Waals surface area contributed by atoms with Gasteiger partial charge in [-0.25, -0.2) is 15.0 Å². The van der Waals surface area contributed by atoms with Gasteiger partial charge in [0.05, 0.1) is 30.1 Å². The molecular formula is C27H24N6O2. The first-order chi connectivity index (χ1) is 17.1. The molecule has 4 atom stereocenters. The van der Waals surface area contributed by atoms with Crippen LogP contribution in [0.5, 0.6) is 0 Å². The number of hydrogen-bond acceptors (Lipinski definition) is 7. The van der Waals surface area contributed by atoms with Gasteiger partial charge in [0.15, 0.2) is 23.1 Å². The molecule has 0 radical (unpaired) electrons. The van der Waals surface area contributed by atoms with Crippen molar-refractivity contribution < 1.29 is 9.94 Å². The highest BCUT2D eigenvalue weighted by molar-refractivity contribution is 6.22. The van der Waals surface area contributed by atoms with Crippen molar-refractivity contribution in [2.45, 2.75) is 24.7 Å². The van der Waals surface area contributed by atoms with Gasteiger partial charge in [0, 0.05) is 19.7 Å². The Morgan fingerprint density at radius 3 is 2.40 bits per heavy atom. The van der Waals surface area contributed by atoms with Gasteiger partial charge in [-0.3, -0.25) is 0 Å². The molecule has 3 heterocycles. The summed E-state index contributed by atoms with van der Waals surface area (Å²) >= 11 is 0. The summed E-state index contributed by atoms with van der Waals surface area (Å²) in [5, 5.41) is 20.4. The highest BCUT2D eigenvalue weighted by Gasteiger charge is 2.52. The maximum absolute atomic E-state index is 11.3. The smallest absolute Gasteiger partial charge is 0.165 e. The van der Waals surface area contributed by atoms with Gasteiger partial charge in [-0.2, -0.15) is 0 Å². The molecule has 1 aliphatic carbocycles. The minimum Gasteiger partial charge on any atom is -0.392 e. The third-order valence-corrected chi connectivity index (χ3v) is 7.37. The quantitative estimate of drug-likeness (QED) is 0.407. The zero-order valence-corrected chi connectivity index (χ0v) is 19.4. The normalized spacial score (nSPS) is 23.6. The molecule has 1 aliphatic heterocycles. The van der Waals surface area contributed by atoms with Gasteiger partial charge in [-0.05, 0) is 34.0 Å². The first-order valence-electron chi connectivity index (χ1n) is 11.8. The average Bonchev–Trinajstić information content (AvgIpc) is 3.57. The van der Waals surface area contributed by atoms with Gasteiger partial charge in [0.25, 0.3) is 0 Å². The molecule has 8 nitrogen and oxygen atoms in total. The van der Waals surface area contributed by atoms with Crippen LogP contribution in [-0.4, -0.2) is 56.6 Å². The van der Waals surface area contributed by atoms with Crippen molar-refractivity contribution in [3.8, 4) is 0 Å². The minimum atomic E-state index is -0.600. The van der Waals surface area contributed by atoms with Crippen LogP contribution in [0.3, 0.4) is 0 Å². The van der Waals surface area contributed by atoms with Crippen LogP contribution in [0.25, 0.3) is 32.7 Å². The summed E-state index contributed by atoms with van der Waals surface area (Å²) < 4.78 is 2.01. The number of nitrogens with zero attached hydrogens (tertiary/aromatic N) is 6. The molecule has 1 N–H and O–H groups in total. The fourth-order valence-electron chi connectivity index (χ4n) is 5.82. The number of aliphatic hydroxyl groups excluding tert-OH is 1. The molecule has 1 fully saturated rings. The Morgan fingerprint density at radius 1 is 0.971 bits per heavy atom. The third kappa shape index (κ3) is 2.89. The molecule has 35 heavy (non-hydrogen) atoms. The summed E-state index contributed by atoms with van der Waals surface area (Å²) in [6, 6.07) is 18.7. The second-order valence-electron chi connectivity index (χ2n) is 9.55. The van der Waals surface area contributed by atoms with Crippen molar-refractivity contribution in [2.75, 3.05) is 19.0 Å². The summed E-state index contributed by atoms with van der Waals surface area (Å²) in [6.07, 6.45) is 2.95. The molecule has 174 valence electrons. The Hall–Kier alpha value is -4.04. The number of aliphatic hydroxyl groups is 1. The molecule has 3 aromatic carbocycles. The zero-order valence-electron chi connectivity index (χ0n) is 19.4. The largest absolute Gasteiger partial charge is 0.392 e. The van der Waals surface area contributed by atoms with Gasteiger partial charge >= 0.3 is 0 Å². The van der Waals surface area contributed by atoms with Crippen LogP contribution in [0.4, 0.5) is 5.82 Å². The number of oxime groups is 1. The standard InChI is InChI=1S/C27H24N6O2/c1-32(2)26-24-27(29-13-28-26)33(14-30-24)19-12-20(34)22-23(31-35-25(19)22)21-17-9-5-3-7-15(17)11-16-8-4-6-10-18(16)21/h3-11,13-14,19-20,22,25,34H,12H2,1-2H3/t19-,20+,22+,25+/m1/s1. The maximum Gasteiger partial charge on any atom is 0.165 e. The van der Waals surface area contributed by atoms with E-state index in [9.17, 15) is 5.11 Å². The van der Waals surface area contributed by atoms with E-state index in [2.05, 4.69) is 50.4 Å². The van der Waals surface area contributed by atoms with E-state index in [0.717, 1.165) is 49.8 Å². The molecule has 8 heteroatoms. The summed E-state index contributed by atoms with van der Waals surface area (Å²) in [5.41, 5.74) is 3.31. The topological polar surface area (TPSA) is 88.7 Å². The monoisotopic (exact) mass is 464 g/mol. The Labute approximate surface area is 201 Å². The zero-order chi connectivity index (χ0) is 23.7. The van der Waals surface area contributed by atoms with Gasteiger partial charge in [0.1, 0.15) is 6.33 Å². The van der Waals surface area contributed by atoms with E-state index in [1.54, 1.807) is 12.7 Å². The highest BCUT2D eigenvalue weighted by Crippen LogP contribution is 2.46. The molecule has 0 unspecified atom stereocenters. The van der Waals surface area contributed by atoms with Gasteiger partial charge in [-0.1, -0.05) is 53.7 Å². The van der Waals surface area contributed by atoms with E-state index < -0.39 is 6.10 Å². The molecular weight excluding hydrogens is 440 g/mol. The number of aromatic nitrogens is 4. The van der Waals surface area contributed by atoms with Crippen molar-refractivity contribution >= 4 is 44.2 Å². The lowest BCUT2D eigenvalue weighted by molar-refractivity contribution is 0.0380. The predicted molar refractivity (Wildman–Crippen MR) is 136 cm³/mol. The van der Waals surface area contributed by atoms with Crippen LogP contribution in [0.1, 0.15) is 18.0 Å². The molecule has 2 aromatic heterocycles. The maximum atomic E-state index is 11.3. The van der Waals surface area contributed by atoms with Crippen LogP contribution < -0.4 is 4.90 Å². The molecule has 7 rings (SSSR count). The average molecular weight is 465 g/mol. The number of fused-ring (bicyclic) bond motifs is 4. The highest BCUT2D eigenvalue weighted by atomic mass is 16.6. The molecule has 0 amide bonds. The van der Waals surface area contributed by atoms with Crippen molar-refractivity contribution in [1.29, 1.82) is 0 Å². The fraction of sp³-hybridized carbons (Fsp3) is 0.259. The van der Waals surface area contributed by atoms with Gasteiger partial charge < -0.3 is 19.4 Å². The summed E-state index contributed by atoms with van der Waals surface area (Å²) in [4.78, 5) is 21.5. The van der Waals surface area contributed by atoms with Crippen molar-refractivity contribution in [3.63, 3.8) is 0 Å². The van der Waals surface area contributed by atoms with Crippen LogP contribution in [0, 0.1) is 5.92 Å². The number of benzene rings is 3. The van der Waals surface area contributed by atoms with Crippen molar-refractivity contribution in [2.24, 2.45) is 11.1 Å². The lowest BCUT2D eigenvalue weighted by atomic mass is 9.86. The molecule has 5 aromatic rings. The molecule has 2 aliphatic rings. The minimum absolute atomic E-state index is 0.146. The van der Waals surface area contributed by atoms with Crippen molar-refractivity contribution in [3.05, 3.63) is 72.8 Å². The van der Waals surface area contributed by atoms with Crippen molar-refractivity contribution in [1.82, 2.24) is 19.5 Å². The predicted octanol–water partition coefficient (Wildman–Crippen LogP) is 3.92. The third-order valence-electron chi connectivity index (χ3n) is 7.37. The molecule has 0 spiro atoms. The van der Waals surface area contributed by atoms with Crippen LogP contribution in [0.15, 0.2) is 72.4 Å². The number of rotatable bonds is 3. The molecule has 0 bridgehead atoms. The first-order valence-corrected chi connectivity index (χ1v) is 11.8. The van der Waals surface area contributed by atoms with Crippen LogP contribution in [-0.2, 0) is 4.84 Å². The van der Waals surface area contributed by atoms with E-state index >= 15 is 0 Å². The van der Waals surface area contributed by atoms with E-state index in [-0.39, 0.29) is 18.1 Å². The Bertz CT molecular complexity index is 1590. The van der Waals surface area contributed by atoms with E-state index in [1.165, 1.54) is 0 Å². The summed E-state index contributed by atoms with van der Waals surface area (Å²) in [6.45, 7) is 0. The summed E-state index contributed by atoms with van der Waals surface area (Å²) in [7, 11) is 3.87. The lowest BCUT2D eigenvalue weighted by Crippen LogP contribution is -2.29. The van der Waals surface area contributed by atoms with Crippen LogP contribution >= 0.6 is 0 Å². The number of hydrogen-bond donors (Lipinski definition) is 1. The molecule has 0 saturated heterocycles. The Kier molecular flexibility index (Phi) is 4.35. The van der Waals surface area contributed by atoms with E-state index in [4.69, 9.17) is 4.84 Å². The second-order valence-corrected chi connectivity index (χ2v) is 9.55. The Balaban J connectivity index is 1.35. The number of imidazole rings is 1. The van der Waals surface area contributed by atoms with E-state index in [0.29, 0.717) is 6.42 Å². The van der Waals surface area contributed by atoms with Gasteiger partial charge in [-0.15, -0.1) is 0 Å². The van der Waals surface area contributed by atoms with E-state index in [1.807, 2.05) is 47.8 Å². The molecule has 1 saturated carbocycles. The number of anilines is 1. The fourth-order valence-corrected chi connectivity index (χ4v) is 5.82. The Morgan fingerprint density at radius 2 is 1.69 bits per heavy atom. The SMILES string of the molecule is CN(C)c1ncnc2c1ncn2[C@@H]1C[C@H](O)[C@H]2C(c3c4ccccc4cc4ccccc34)=NO[C@H]21. The first kappa shape index (κ1) is 20.3. The van der Waals surface area contributed by atoms with Gasteiger partial charge in [0.2, 0.25) is 0 Å². The second kappa shape index (κ2) is 7.48.